The van der Waals surface area contributed by atoms with E-state index in [0.717, 1.165) is 18.5 Å². The molecule has 0 bridgehead atoms. The highest BCUT2D eigenvalue weighted by Crippen LogP contribution is 2.42. The fraction of sp³-hybridized carbons (Fsp3) is 0.500. The van der Waals surface area contributed by atoms with Crippen molar-refractivity contribution in [3.8, 4) is 0 Å². The summed E-state index contributed by atoms with van der Waals surface area (Å²) in [6, 6.07) is 0. The molecule has 54 valence electrons. The molecule has 1 aliphatic rings. The van der Waals surface area contributed by atoms with Crippen molar-refractivity contribution in [3.63, 3.8) is 0 Å². The predicted octanol–water partition coefficient (Wildman–Crippen LogP) is 0.673. The van der Waals surface area contributed by atoms with Gasteiger partial charge in [-0.25, -0.2) is 4.98 Å². The molecule has 4 heteroatoms. The number of anilines is 1. The minimum atomic E-state index is -0.117. The lowest BCUT2D eigenvalue weighted by Gasteiger charge is -2.00. The lowest BCUT2D eigenvalue weighted by molar-refractivity contribution is 0.716. The molecule has 0 unspecified atom stereocenters. The fourth-order valence-electron chi connectivity index (χ4n) is 0.907. The molecule has 4 N–H and O–H groups in total. The lowest BCUT2D eigenvalue weighted by atomic mass is 10.2. The molecule has 0 saturated heterocycles. The first-order valence-electron chi connectivity index (χ1n) is 3.21. The molecule has 2 rings (SSSR count). The van der Waals surface area contributed by atoms with E-state index in [9.17, 15) is 0 Å². The van der Waals surface area contributed by atoms with Crippen LogP contribution in [0.15, 0.2) is 5.38 Å². The Morgan fingerprint density at radius 3 is 2.70 bits per heavy atom. The largest absolute Gasteiger partial charge is 0.375 e. The molecule has 1 aliphatic carbocycles. The van der Waals surface area contributed by atoms with Crippen molar-refractivity contribution >= 4 is 16.5 Å². The van der Waals surface area contributed by atoms with Gasteiger partial charge in [-0.15, -0.1) is 11.3 Å². The summed E-state index contributed by atoms with van der Waals surface area (Å²) in [5.41, 5.74) is 12.2. The van der Waals surface area contributed by atoms with Crippen LogP contribution in [0.5, 0.6) is 0 Å². The maximum Gasteiger partial charge on any atom is 0.180 e. The van der Waals surface area contributed by atoms with Crippen molar-refractivity contribution in [2.75, 3.05) is 5.73 Å². The molecule has 0 aliphatic heterocycles. The Morgan fingerprint density at radius 2 is 2.30 bits per heavy atom. The van der Waals surface area contributed by atoms with E-state index in [4.69, 9.17) is 11.5 Å². The summed E-state index contributed by atoms with van der Waals surface area (Å²) in [7, 11) is 0. The Labute approximate surface area is 63.1 Å². The van der Waals surface area contributed by atoms with Crippen molar-refractivity contribution < 1.29 is 0 Å². The van der Waals surface area contributed by atoms with Crippen LogP contribution >= 0.6 is 11.3 Å². The van der Waals surface area contributed by atoms with Gasteiger partial charge in [0.2, 0.25) is 0 Å². The standard InChI is InChI=1S/C6H9N3S/c7-5-9-4(3-10-5)6(8)1-2-6/h3H,1-2,8H2,(H2,7,9). The van der Waals surface area contributed by atoms with Gasteiger partial charge in [-0.3, -0.25) is 0 Å². The molecule has 3 nitrogen and oxygen atoms in total. The van der Waals surface area contributed by atoms with Crippen LogP contribution in [0, 0.1) is 0 Å². The lowest BCUT2D eigenvalue weighted by Crippen LogP contribution is -2.18. The van der Waals surface area contributed by atoms with Crippen LogP contribution in [-0.4, -0.2) is 4.98 Å². The number of hydrogen-bond acceptors (Lipinski definition) is 4. The number of nitrogens with two attached hydrogens (primary N) is 2. The van der Waals surface area contributed by atoms with Gasteiger partial charge in [0.15, 0.2) is 5.13 Å². The Kier molecular flexibility index (Phi) is 1.04. The van der Waals surface area contributed by atoms with Gasteiger partial charge in [0.05, 0.1) is 11.2 Å². The Morgan fingerprint density at radius 1 is 1.60 bits per heavy atom. The highest BCUT2D eigenvalue weighted by atomic mass is 32.1. The van der Waals surface area contributed by atoms with Gasteiger partial charge in [-0.2, -0.15) is 0 Å². The minimum absolute atomic E-state index is 0.117. The molecule has 0 aromatic carbocycles. The second-order valence-corrected chi connectivity index (χ2v) is 3.62. The minimum Gasteiger partial charge on any atom is -0.375 e. The Balaban J connectivity index is 2.34. The van der Waals surface area contributed by atoms with Gasteiger partial charge in [0.1, 0.15) is 0 Å². The van der Waals surface area contributed by atoms with Crippen molar-refractivity contribution in [2.45, 2.75) is 18.4 Å². The summed E-state index contributed by atoms with van der Waals surface area (Å²) in [6.45, 7) is 0. The van der Waals surface area contributed by atoms with E-state index in [1.807, 2.05) is 5.38 Å². The molecule has 10 heavy (non-hydrogen) atoms. The molecule has 1 aromatic rings. The second-order valence-electron chi connectivity index (χ2n) is 2.73. The summed E-state index contributed by atoms with van der Waals surface area (Å²) in [4.78, 5) is 4.12. The highest BCUT2D eigenvalue weighted by molar-refractivity contribution is 7.13. The van der Waals surface area contributed by atoms with Crippen LogP contribution in [0.1, 0.15) is 18.5 Å². The summed E-state index contributed by atoms with van der Waals surface area (Å²) in [5.74, 6) is 0. The van der Waals surface area contributed by atoms with E-state index in [2.05, 4.69) is 4.98 Å². The van der Waals surface area contributed by atoms with Crippen LogP contribution in [-0.2, 0) is 5.54 Å². The first-order valence-corrected chi connectivity index (χ1v) is 4.09. The smallest absolute Gasteiger partial charge is 0.180 e. The molecule has 0 amide bonds. The fourth-order valence-corrected chi connectivity index (χ4v) is 1.58. The van der Waals surface area contributed by atoms with Crippen molar-refractivity contribution in [3.05, 3.63) is 11.1 Å². The normalized spacial score (nSPS) is 20.9. The Bertz CT molecular complexity index is 251. The number of thiazole rings is 1. The predicted molar refractivity (Wildman–Crippen MR) is 41.6 cm³/mol. The van der Waals surface area contributed by atoms with Crippen LogP contribution in [0.25, 0.3) is 0 Å². The quantitative estimate of drug-likeness (QED) is 0.626. The average molecular weight is 155 g/mol. The molecule has 1 saturated carbocycles. The van der Waals surface area contributed by atoms with Gasteiger partial charge < -0.3 is 11.5 Å². The van der Waals surface area contributed by atoms with E-state index in [1.165, 1.54) is 11.3 Å². The zero-order valence-corrected chi connectivity index (χ0v) is 6.32. The maximum absolute atomic E-state index is 5.87. The van der Waals surface area contributed by atoms with Gasteiger partial charge in [-0.1, -0.05) is 0 Å². The first kappa shape index (κ1) is 6.12. The SMILES string of the molecule is Nc1nc(C2(N)CC2)cs1. The van der Waals surface area contributed by atoms with Gasteiger partial charge in [0.25, 0.3) is 0 Å². The zero-order chi connectivity index (χ0) is 7.19. The van der Waals surface area contributed by atoms with E-state index in [0.29, 0.717) is 5.13 Å². The summed E-state index contributed by atoms with van der Waals surface area (Å²) < 4.78 is 0. The molecule has 1 fully saturated rings. The molecular weight excluding hydrogens is 146 g/mol. The number of rotatable bonds is 1. The summed E-state index contributed by atoms with van der Waals surface area (Å²) >= 11 is 1.46. The summed E-state index contributed by atoms with van der Waals surface area (Å²) in [5, 5.41) is 2.56. The molecule has 0 spiro atoms. The molecule has 0 radical (unpaired) electrons. The number of hydrogen-bond donors (Lipinski definition) is 2. The van der Waals surface area contributed by atoms with Crippen LogP contribution in [0.2, 0.25) is 0 Å². The van der Waals surface area contributed by atoms with E-state index >= 15 is 0 Å². The van der Waals surface area contributed by atoms with Crippen molar-refractivity contribution in [1.29, 1.82) is 0 Å². The van der Waals surface area contributed by atoms with E-state index < -0.39 is 0 Å². The second kappa shape index (κ2) is 1.71. The maximum atomic E-state index is 5.87. The highest BCUT2D eigenvalue weighted by Gasteiger charge is 2.41. The van der Waals surface area contributed by atoms with Crippen LogP contribution in [0.3, 0.4) is 0 Å². The third-order valence-corrected chi connectivity index (χ3v) is 2.49. The molecule has 0 atom stereocenters. The number of nitrogens with zero attached hydrogens (tertiary/aromatic N) is 1. The monoisotopic (exact) mass is 155 g/mol. The third-order valence-electron chi connectivity index (χ3n) is 1.82. The van der Waals surface area contributed by atoms with E-state index in [-0.39, 0.29) is 5.54 Å². The summed E-state index contributed by atoms with van der Waals surface area (Å²) in [6.07, 6.45) is 2.10. The van der Waals surface area contributed by atoms with E-state index in [1.54, 1.807) is 0 Å². The Hall–Kier alpha value is -0.610. The zero-order valence-electron chi connectivity index (χ0n) is 5.50. The number of aromatic nitrogens is 1. The topological polar surface area (TPSA) is 64.9 Å². The first-order chi connectivity index (χ1) is 4.71. The number of nitrogen functional groups attached to an aromatic ring is 1. The van der Waals surface area contributed by atoms with Gasteiger partial charge in [0, 0.05) is 5.38 Å². The molecule has 1 heterocycles. The van der Waals surface area contributed by atoms with Gasteiger partial charge >= 0.3 is 0 Å². The van der Waals surface area contributed by atoms with Crippen LogP contribution in [0.4, 0.5) is 5.13 Å². The van der Waals surface area contributed by atoms with Crippen LogP contribution < -0.4 is 11.5 Å². The van der Waals surface area contributed by atoms with Gasteiger partial charge in [-0.05, 0) is 12.8 Å². The molecule has 1 aromatic heterocycles. The molecular formula is C6H9N3S. The van der Waals surface area contributed by atoms with Crippen molar-refractivity contribution in [1.82, 2.24) is 4.98 Å². The average Bonchev–Trinajstić information content (AvgIpc) is 2.45. The van der Waals surface area contributed by atoms with Crippen molar-refractivity contribution in [2.24, 2.45) is 5.73 Å². The third kappa shape index (κ3) is 0.803.